The number of halogens is 1. The molecule has 1 amide bonds. The van der Waals surface area contributed by atoms with E-state index in [4.69, 9.17) is 22.4 Å². The van der Waals surface area contributed by atoms with Gasteiger partial charge in [0.1, 0.15) is 0 Å². The number of nitrogens with two attached hydrogens (primary N) is 1. The van der Waals surface area contributed by atoms with Crippen LogP contribution in [0, 0.1) is 0 Å². The van der Waals surface area contributed by atoms with Gasteiger partial charge in [-0.2, -0.15) is 0 Å². The van der Waals surface area contributed by atoms with E-state index < -0.39 is 11.9 Å². The van der Waals surface area contributed by atoms with E-state index in [0.29, 0.717) is 0 Å². The predicted octanol–water partition coefficient (Wildman–Crippen LogP) is 0.935. The Kier molecular flexibility index (Phi) is 3.65. The highest BCUT2D eigenvalue weighted by molar-refractivity contribution is 6.33. The highest BCUT2D eigenvalue weighted by Gasteiger charge is 2.08. The van der Waals surface area contributed by atoms with Gasteiger partial charge in [-0.25, -0.2) is 4.79 Å². The molecule has 0 aliphatic carbocycles. The summed E-state index contributed by atoms with van der Waals surface area (Å²) in [4.78, 5) is 21.6. The molecule has 15 heavy (non-hydrogen) atoms. The standard InChI is InChI=1S/C9H9ClN2O3/c10-6-2-1-5(9(14)15)3-7(6)12-8(13)4-11/h1-3H,4,11H2,(H,12,13)(H,14,15). The van der Waals surface area contributed by atoms with Crippen molar-refractivity contribution in [3.8, 4) is 0 Å². The van der Waals surface area contributed by atoms with Crippen LogP contribution in [-0.4, -0.2) is 23.5 Å². The first-order chi connectivity index (χ1) is 7.04. The SMILES string of the molecule is NCC(=O)Nc1cc(C(=O)O)ccc1Cl. The number of hydrogen-bond donors (Lipinski definition) is 3. The van der Waals surface area contributed by atoms with Crippen LogP contribution in [0.25, 0.3) is 0 Å². The Labute approximate surface area is 90.8 Å². The van der Waals surface area contributed by atoms with Gasteiger partial charge in [0.05, 0.1) is 22.8 Å². The number of carbonyl (C=O) groups excluding carboxylic acids is 1. The van der Waals surface area contributed by atoms with Crippen LogP contribution >= 0.6 is 11.6 Å². The minimum absolute atomic E-state index is 0.0479. The molecule has 0 saturated carbocycles. The molecule has 5 nitrogen and oxygen atoms in total. The minimum atomic E-state index is -1.09. The fourth-order valence-corrected chi connectivity index (χ4v) is 1.12. The van der Waals surface area contributed by atoms with Gasteiger partial charge < -0.3 is 16.2 Å². The van der Waals surface area contributed by atoms with E-state index >= 15 is 0 Å². The molecule has 80 valence electrons. The summed E-state index contributed by atoms with van der Waals surface area (Å²) in [6, 6.07) is 4.03. The van der Waals surface area contributed by atoms with Crippen LogP contribution in [0.4, 0.5) is 5.69 Å². The van der Waals surface area contributed by atoms with Gasteiger partial charge in [0.2, 0.25) is 5.91 Å². The van der Waals surface area contributed by atoms with Gasteiger partial charge in [0, 0.05) is 0 Å². The second-order valence-electron chi connectivity index (χ2n) is 2.75. The van der Waals surface area contributed by atoms with Crippen LogP contribution in [0.1, 0.15) is 10.4 Å². The highest BCUT2D eigenvalue weighted by atomic mass is 35.5. The summed E-state index contributed by atoms with van der Waals surface area (Å²) in [5.74, 6) is -1.52. The average molecular weight is 229 g/mol. The summed E-state index contributed by atoms with van der Waals surface area (Å²) in [7, 11) is 0. The number of rotatable bonds is 3. The third kappa shape index (κ3) is 2.93. The van der Waals surface area contributed by atoms with E-state index in [1.165, 1.54) is 18.2 Å². The molecule has 0 aliphatic heterocycles. The Morgan fingerprint density at radius 2 is 2.13 bits per heavy atom. The molecule has 6 heteroatoms. The zero-order chi connectivity index (χ0) is 11.4. The van der Waals surface area contributed by atoms with Crippen LogP contribution in [0.2, 0.25) is 5.02 Å². The molecule has 0 unspecified atom stereocenters. The minimum Gasteiger partial charge on any atom is -0.478 e. The number of carbonyl (C=O) groups is 2. The molecule has 0 heterocycles. The van der Waals surface area contributed by atoms with Crippen LogP contribution < -0.4 is 11.1 Å². The van der Waals surface area contributed by atoms with Crippen molar-refractivity contribution in [2.24, 2.45) is 5.73 Å². The Morgan fingerprint density at radius 1 is 1.47 bits per heavy atom. The molecule has 1 rings (SSSR count). The molecule has 0 aliphatic rings. The van der Waals surface area contributed by atoms with Crippen LogP contribution in [0.3, 0.4) is 0 Å². The lowest BCUT2D eigenvalue weighted by atomic mass is 10.2. The average Bonchev–Trinajstić information content (AvgIpc) is 2.20. The second kappa shape index (κ2) is 4.77. The van der Waals surface area contributed by atoms with E-state index in [-0.39, 0.29) is 22.8 Å². The van der Waals surface area contributed by atoms with E-state index in [9.17, 15) is 9.59 Å². The fourth-order valence-electron chi connectivity index (χ4n) is 0.955. The molecule has 0 saturated heterocycles. The summed E-state index contributed by atoms with van der Waals surface area (Å²) in [6.07, 6.45) is 0. The van der Waals surface area contributed by atoms with Gasteiger partial charge in [-0.1, -0.05) is 11.6 Å². The van der Waals surface area contributed by atoms with Crippen LogP contribution in [0.15, 0.2) is 18.2 Å². The zero-order valence-electron chi connectivity index (χ0n) is 7.66. The van der Waals surface area contributed by atoms with E-state index in [2.05, 4.69) is 5.32 Å². The molecule has 4 N–H and O–H groups in total. The molecule has 0 atom stereocenters. The largest absolute Gasteiger partial charge is 0.478 e. The summed E-state index contributed by atoms with van der Waals surface area (Å²) in [5, 5.41) is 11.4. The van der Waals surface area contributed by atoms with Crippen molar-refractivity contribution >= 4 is 29.2 Å². The smallest absolute Gasteiger partial charge is 0.335 e. The Bertz CT molecular complexity index is 406. The second-order valence-corrected chi connectivity index (χ2v) is 3.16. The summed E-state index contributed by atoms with van der Waals surface area (Å²) in [5.41, 5.74) is 5.39. The number of amides is 1. The molecular weight excluding hydrogens is 220 g/mol. The lowest BCUT2D eigenvalue weighted by Gasteiger charge is -2.06. The molecular formula is C9H9ClN2O3. The van der Waals surface area contributed by atoms with Crippen molar-refractivity contribution in [1.82, 2.24) is 0 Å². The number of hydrogen-bond acceptors (Lipinski definition) is 3. The van der Waals surface area contributed by atoms with Gasteiger partial charge in [0.15, 0.2) is 0 Å². The number of benzene rings is 1. The summed E-state index contributed by atoms with van der Waals surface area (Å²) >= 11 is 5.75. The van der Waals surface area contributed by atoms with Gasteiger partial charge in [-0.05, 0) is 18.2 Å². The van der Waals surface area contributed by atoms with Crippen molar-refractivity contribution in [1.29, 1.82) is 0 Å². The Balaban J connectivity index is 3.00. The Hall–Kier alpha value is -1.59. The normalized spacial score (nSPS) is 9.73. The molecule has 1 aromatic rings. The van der Waals surface area contributed by atoms with Crippen molar-refractivity contribution in [3.05, 3.63) is 28.8 Å². The fraction of sp³-hybridized carbons (Fsp3) is 0.111. The maximum atomic E-state index is 11.0. The van der Waals surface area contributed by atoms with Gasteiger partial charge in [0.25, 0.3) is 0 Å². The van der Waals surface area contributed by atoms with E-state index in [1.807, 2.05) is 0 Å². The summed E-state index contributed by atoms with van der Waals surface area (Å²) in [6.45, 7) is -0.187. The molecule has 0 fully saturated rings. The van der Waals surface area contributed by atoms with E-state index in [0.717, 1.165) is 0 Å². The maximum Gasteiger partial charge on any atom is 0.335 e. The van der Waals surface area contributed by atoms with Crippen LogP contribution in [-0.2, 0) is 4.79 Å². The molecule has 1 aromatic carbocycles. The molecule has 0 radical (unpaired) electrons. The molecule has 0 spiro atoms. The number of carboxylic acids is 1. The number of anilines is 1. The van der Waals surface area contributed by atoms with E-state index in [1.54, 1.807) is 0 Å². The third-order valence-electron chi connectivity index (χ3n) is 1.67. The first-order valence-electron chi connectivity index (χ1n) is 4.07. The first kappa shape index (κ1) is 11.5. The van der Waals surface area contributed by atoms with Crippen molar-refractivity contribution in [3.63, 3.8) is 0 Å². The van der Waals surface area contributed by atoms with Crippen molar-refractivity contribution in [2.75, 3.05) is 11.9 Å². The zero-order valence-corrected chi connectivity index (χ0v) is 8.41. The monoisotopic (exact) mass is 228 g/mol. The summed E-state index contributed by atoms with van der Waals surface area (Å²) < 4.78 is 0. The lowest BCUT2D eigenvalue weighted by molar-refractivity contribution is -0.114. The molecule has 0 bridgehead atoms. The predicted molar refractivity (Wildman–Crippen MR) is 56.1 cm³/mol. The van der Waals surface area contributed by atoms with Gasteiger partial charge in [-0.3, -0.25) is 4.79 Å². The number of carboxylic acid groups (broad SMARTS) is 1. The quantitative estimate of drug-likeness (QED) is 0.718. The topological polar surface area (TPSA) is 92.4 Å². The lowest BCUT2D eigenvalue weighted by Crippen LogP contribution is -2.22. The first-order valence-corrected chi connectivity index (χ1v) is 4.45. The number of nitrogens with one attached hydrogen (secondary N) is 1. The highest BCUT2D eigenvalue weighted by Crippen LogP contribution is 2.22. The Morgan fingerprint density at radius 3 is 2.67 bits per heavy atom. The van der Waals surface area contributed by atoms with Gasteiger partial charge in [-0.15, -0.1) is 0 Å². The van der Waals surface area contributed by atoms with Crippen LogP contribution in [0.5, 0.6) is 0 Å². The van der Waals surface area contributed by atoms with Crippen molar-refractivity contribution in [2.45, 2.75) is 0 Å². The molecule has 0 aromatic heterocycles. The van der Waals surface area contributed by atoms with Crippen molar-refractivity contribution < 1.29 is 14.7 Å². The third-order valence-corrected chi connectivity index (χ3v) is 2.00. The number of aromatic carboxylic acids is 1. The maximum absolute atomic E-state index is 11.0. The van der Waals surface area contributed by atoms with Gasteiger partial charge >= 0.3 is 5.97 Å².